The molecule has 0 spiro atoms. The van der Waals surface area contributed by atoms with Gasteiger partial charge in [0.15, 0.2) is 0 Å². The van der Waals surface area contributed by atoms with Crippen LogP contribution >= 0.6 is 0 Å². The summed E-state index contributed by atoms with van der Waals surface area (Å²) in [4.78, 5) is 2.18. The van der Waals surface area contributed by atoms with E-state index in [1.807, 2.05) is 19.2 Å². The van der Waals surface area contributed by atoms with Crippen LogP contribution in [0.15, 0.2) is 24.3 Å². The summed E-state index contributed by atoms with van der Waals surface area (Å²) in [6, 6.07) is 7.21. The molecule has 1 aromatic carbocycles. The average molecular weight is 224 g/mol. The summed E-state index contributed by atoms with van der Waals surface area (Å²) in [5, 5.41) is 3.30. The Labute approximate surface area is 97.5 Å². The topological polar surface area (TPSA) is 15.3 Å². The molecule has 0 aliphatic carbocycles. The molecule has 1 unspecified atom stereocenters. The highest BCUT2D eigenvalue weighted by Gasteiger charge is 2.07. The van der Waals surface area contributed by atoms with Crippen LogP contribution in [0.1, 0.15) is 12.0 Å². The Hall–Kier alpha value is -0.930. The van der Waals surface area contributed by atoms with Crippen LogP contribution < -0.4 is 5.32 Å². The smallest absolute Gasteiger partial charge is 0.123 e. The monoisotopic (exact) mass is 224 g/mol. The Morgan fingerprint density at radius 2 is 1.88 bits per heavy atom. The lowest BCUT2D eigenvalue weighted by atomic mass is 10.0. The molecule has 0 saturated heterocycles. The van der Waals surface area contributed by atoms with Crippen LogP contribution in [-0.2, 0) is 6.42 Å². The zero-order valence-electron chi connectivity index (χ0n) is 10.3. The zero-order chi connectivity index (χ0) is 12.0. The van der Waals surface area contributed by atoms with Crippen molar-refractivity contribution in [2.75, 3.05) is 27.7 Å². The highest BCUT2D eigenvalue weighted by Crippen LogP contribution is 2.07. The summed E-state index contributed by atoms with van der Waals surface area (Å²) in [5.74, 6) is -0.168. The third-order valence-corrected chi connectivity index (χ3v) is 2.73. The van der Waals surface area contributed by atoms with Gasteiger partial charge in [-0.3, -0.25) is 0 Å². The molecule has 90 valence electrons. The Bertz CT molecular complexity index is 295. The molecule has 0 fully saturated rings. The second-order valence-corrected chi connectivity index (χ2v) is 4.41. The highest BCUT2D eigenvalue weighted by molar-refractivity contribution is 5.17. The normalized spacial score (nSPS) is 13.1. The lowest BCUT2D eigenvalue weighted by Crippen LogP contribution is -2.31. The number of halogens is 1. The number of benzene rings is 1. The van der Waals surface area contributed by atoms with Crippen molar-refractivity contribution in [3.63, 3.8) is 0 Å². The van der Waals surface area contributed by atoms with Crippen molar-refractivity contribution in [1.29, 1.82) is 0 Å². The highest BCUT2D eigenvalue weighted by atomic mass is 19.1. The molecule has 0 bridgehead atoms. The largest absolute Gasteiger partial charge is 0.317 e. The number of hydrogen-bond acceptors (Lipinski definition) is 2. The van der Waals surface area contributed by atoms with E-state index in [-0.39, 0.29) is 5.82 Å². The quantitative estimate of drug-likeness (QED) is 0.794. The predicted molar refractivity (Wildman–Crippen MR) is 66.1 cm³/mol. The van der Waals surface area contributed by atoms with Gasteiger partial charge in [-0.25, -0.2) is 4.39 Å². The Morgan fingerprint density at radius 3 is 2.38 bits per heavy atom. The van der Waals surface area contributed by atoms with E-state index in [2.05, 4.69) is 24.3 Å². The summed E-state index contributed by atoms with van der Waals surface area (Å²) in [7, 11) is 6.12. The number of hydrogen-bond donors (Lipinski definition) is 1. The molecule has 1 rings (SSSR count). The summed E-state index contributed by atoms with van der Waals surface area (Å²) in [6.45, 7) is 1.06. The van der Waals surface area contributed by atoms with E-state index in [4.69, 9.17) is 0 Å². The average Bonchev–Trinajstić information content (AvgIpc) is 2.26. The molecule has 1 N–H and O–H groups in total. The Balaban J connectivity index is 2.46. The minimum atomic E-state index is -0.168. The first-order valence-electron chi connectivity index (χ1n) is 5.68. The van der Waals surface area contributed by atoms with E-state index in [9.17, 15) is 4.39 Å². The van der Waals surface area contributed by atoms with Gasteiger partial charge in [-0.2, -0.15) is 0 Å². The molecule has 2 nitrogen and oxygen atoms in total. The van der Waals surface area contributed by atoms with E-state index >= 15 is 0 Å². The van der Waals surface area contributed by atoms with Crippen LogP contribution in [0.5, 0.6) is 0 Å². The summed E-state index contributed by atoms with van der Waals surface area (Å²) in [6.07, 6.45) is 2.05. The molecule has 1 aromatic rings. The first-order valence-corrected chi connectivity index (χ1v) is 5.68. The lowest BCUT2D eigenvalue weighted by molar-refractivity contribution is 0.364. The fourth-order valence-corrected chi connectivity index (χ4v) is 1.67. The van der Waals surface area contributed by atoms with Gasteiger partial charge in [0.2, 0.25) is 0 Å². The van der Waals surface area contributed by atoms with Gasteiger partial charge in [0.25, 0.3) is 0 Å². The van der Waals surface area contributed by atoms with E-state index in [1.165, 1.54) is 17.7 Å². The molecule has 3 heteroatoms. The summed E-state index contributed by atoms with van der Waals surface area (Å²) in [5.41, 5.74) is 1.18. The SMILES string of the molecule is CNC(CCN(C)C)Cc1ccc(F)cc1. The maximum Gasteiger partial charge on any atom is 0.123 e. The van der Waals surface area contributed by atoms with Gasteiger partial charge >= 0.3 is 0 Å². The second kappa shape index (κ2) is 6.61. The number of rotatable bonds is 6. The molecular formula is C13H21FN2. The molecule has 0 saturated carbocycles. The van der Waals surface area contributed by atoms with Crippen LogP contribution in [-0.4, -0.2) is 38.6 Å². The van der Waals surface area contributed by atoms with Gasteiger partial charge in [0.05, 0.1) is 0 Å². The molecule has 0 amide bonds. The molecule has 1 atom stereocenters. The van der Waals surface area contributed by atoms with Crippen molar-refractivity contribution in [1.82, 2.24) is 10.2 Å². The second-order valence-electron chi connectivity index (χ2n) is 4.41. The number of nitrogens with one attached hydrogen (secondary N) is 1. The first kappa shape index (κ1) is 13.1. The Morgan fingerprint density at radius 1 is 1.25 bits per heavy atom. The van der Waals surface area contributed by atoms with Crippen molar-refractivity contribution in [3.05, 3.63) is 35.6 Å². The van der Waals surface area contributed by atoms with E-state index in [1.54, 1.807) is 0 Å². The Kier molecular flexibility index (Phi) is 5.43. The first-order chi connectivity index (χ1) is 7.61. The van der Waals surface area contributed by atoms with Gasteiger partial charge in [-0.05, 0) is 58.2 Å². The van der Waals surface area contributed by atoms with Crippen molar-refractivity contribution in [3.8, 4) is 0 Å². The molecular weight excluding hydrogens is 203 g/mol. The van der Waals surface area contributed by atoms with Crippen LogP contribution in [0.2, 0.25) is 0 Å². The number of nitrogens with zero attached hydrogens (tertiary/aromatic N) is 1. The van der Waals surface area contributed by atoms with Crippen molar-refractivity contribution in [2.24, 2.45) is 0 Å². The maximum atomic E-state index is 12.7. The number of likely N-dealkylation sites (N-methyl/N-ethyl adjacent to an activating group) is 1. The van der Waals surface area contributed by atoms with E-state index in [0.717, 1.165) is 19.4 Å². The van der Waals surface area contributed by atoms with Crippen LogP contribution in [0.3, 0.4) is 0 Å². The minimum Gasteiger partial charge on any atom is -0.317 e. The predicted octanol–water partition coefficient (Wildman–Crippen LogP) is 1.91. The third-order valence-electron chi connectivity index (χ3n) is 2.73. The van der Waals surface area contributed by atoms with Crippen molar-refractivity contribution in [2.45, 2.75) is 18.9 Å². The molecule has 0 aromatic heterocycles. The van der Waals surface area contributed by atoms with Crippen molar-refractivity contribution < 1.29 is 4.39 Å². The van der Waals surface area contributed by atoms with Crippen LogP contribution in [0, 0.1) is 5.82 Å². The zero-order valence-corrected chi connectivity index (χ0v) is 10.3. The van der Waals surface area contributed by atoms with E-state index < -0.39 is 0 Å². The van der Waals surface area contributed by atoms with Crippen molar-refractivity contribution >= 4 is 0 Å². The molecule has 0 aliphatic heterocycles. The molecule has 0 aliphatic rings. The van der Waals surface area contributed by atoms with Crippen LogP contribution in [0.25, 0.3) is 0 Å². The van der Waals surface area contributed by atoms with Gasteiger partial charge in [-0.15, -0.1) is 0 Å². The van der Waals surface area contributed by atoms with Gasteiger partial charge in [0, 0.05) is 6.04 Å². The summed E-state index contributed by atoms with van der Waals surface area (Å²) < 4.78 is 12.7. The minimum absolute atomic E-state index is 0.168. The maximum absolute atomic E-state index is 12.7. The standard InChI is InChI=1S/C13H21FN2/c1-15-13(8-9-16(2)3)10-11-4-6-12(14)7-5-11/h4-7,13,15H,8-10H2,1-3H3. The lowest BCUT2D eigenvalue weighted by Gasteiger charge is -2.18. The fraction of sp³-hybridized carbons (Fsp3) is 0.538. The van der Waals surface area contributed by atoms with E-state index in [0.29, 0.717) is 6.04 Å². The van der Waals surface area contributed by atoms with Gasteiger partial charge in [-0.1, -0.05) is 12.1 Å². The van der Waals surface area contributed by atoms with Gasteiger partial charge in [0.1, 0.15) is 5.82 Å². The molecule has 0 heterocycles. The fourth-order valence-electron chi connectivity index (χ4n) is 1.67. The molecule has 0 radical (unpaired) electrons. The third kappa shape index (κ3) is 4.73. The van der Waals surface area contributed by atoms with Crippen LogP contribution in [0.4, 0.5) is 4.39 Å². The molecule has 16 heavy (non-hydrogen) atoms. The van der Waals surface area contributed by atoms with Gasteiger partial charge < -0.3 is 10.2 Å². The summed E-state index contributed by atoms with van der Waals surface area (Å²) >= 11 is 0.